The minimum absolute atomic E-state index is 0.115. The summed E-state index contributed by atoms with van der Waals surface area (Å²) in [6.07, 6.45) is 3.36. The molecule has 0 bridgehead atoms. The molecule has 0 atom stereocenters. The zero-order valence-electron chi connectivity index (χ0n) is 14.6. The van der Waals surface area contributed by atoms with E-state index in [9.17, 15) is 4.79 Å². The van der Waals surface area contributed by atoms with E-state index in [2.05, 4.69) is 20.4 Å². The number of pyridine rings is 1. The van der Waals surface area contributed by atoms with E-state index in [1.807, 2.05) is 63.2 Å². The predicted molar refractivity (Wildman–Crippen MR) is 97.1 cm³/mol. The first-order valence-electron chi connectivity index (χ1n) is 8.15. The Hall–Kier alpha value is -3.02. The maximum Gasteiger partial charge on any atom is 0.255 e. The Kier molecular flexibility index (Phi) is 4.61. The van der Waals surface area contributed by atoms with E-state index in [1.54, 1.807) is 12.4 Å². The average molecular weight is 335 g/mol. The van der Waals surface area contributed by atoms with Crippen molar-refractivity contribution in [1.82, 2.24) is 19.7 Å². The summed E-state index contributed by atoms with van der Waals surface area (Å²) in [5.74, 6) is 0.821. The van der Waals surface area contributed by atoms with Gasteiger partial charge in [0, 0.05) is 29.9 Å². The maximum atomic E-state index is 12.8. The molecule has 0 spiro atoms. The predicted octanol–water partition coefficient (Wildman–Crippen LogP) is 3.64. The number of benzene rings is 1. The molecule has 128 valence electrons. The van der Waals surface area contributed by atoms with Crippen molar-refractivity contribution in [1.29, 1.82) is 0 Å². The van der Waals surface area contributed by atoms with Gasteiger partial charge in [-0.2, -0.15) is 9.67 Å². The molecule has 0 aliphatic heterocycles. The van der Waals surface area contributed by atoms with Crippen LogP contribution in [0.2, 0.25) is 0 Å². The van der Waals surface area contributed by atoms with Crippen LogP contribution >= 0.6 is 0 Å². The molecule has 1 aromatic carbocycles. The molecule has 0 radical (unpaired) electrons. The van der Waals surface area contributed by atoms with E-state index in [0.29, 0.717) is 18.3 Å². The van der Waals surface area contributed by atoms with Gasteiger partial charge in [-0.3, -0.25) is 9.78 Å². The number of nitrogens with one attached hydrogen (secondary N) is 1. The van der Waals surface area contributed by atoms with Crippen molar-refractivity contribution in [2.24, 2.45) is 5.41 Å². The molecule has 25 heavy (non-hydrogen) atoms. The van der Waals surface area contributed by atoms with Gasteiger partial charge in [-0.15, -0.1) is 5.10 Å². The third-order valence-corrected chi connectivity index (χ3v) is 3.67. The first-order chi connectivity index (χ1) is 11.9. The van der Waals surface area contributed by atoms with Gasteiger partial charge in [0.2, 0.25) is 5.95 Å². The molecule has 0 aliphatic rings. The van der Waals surface area contributed by atoms with Gasteiger partial charge in [0.1, 0.15) is 0 Å². The first-order valence-corrected chi connectivity index (χ1v) is 8.15. The van der Waals surface area contributed by atoms with Crippen molar-refractivity contribution in [3.63, 3.8) is 0 Å². The average Bonchev–Trinajstić information content (AvgIpc) is 3.04. The molecule has 6 nitrogen and oxygen atoms in total. The number of carbonyl (C=O) groups excluding carboxylic acids is 1. The summed E-state index contributed by atoms with van der Waals surface area (Å²) in [7, 11) is 0. The van der Waals surface area contributed by atoms with Crippen LogP contribution in [0.25, 0.3) is 11.4 Å². The maximum absolute atomic E-state index is 12.8. The fourth-order valence-corrected chi connectivity index (χ4v) is 2.29. The number of carbonyl (C=O) groups is 1. The van der Waals surface area contributed by atoms with Gasteiger partial charge in [0.25, 0.3) is 5.91 Å². The summed E-state index contributed by atoms with van der Waals surface area (Å²) in [5, 5.41) is 7.65. The lowest BCUT2D eigenvalue weighted by molar-refractivity contribution is 0.0752. The van der Waals surface area contributed by atoms with Crippen LogP contribution in [0.1, 0.15) is 31.1 Å². The minimum atomic E-state index is -0.563. The van der Waals surface area contributed by atoms with E-state index >= 15 is 0 Å². The van der Waals surface area contributed by atoms with Crippen LogP contribution in [-0.2, 0) is 6.54 Å². The molecule has 0 unspecified atom stereocenters. The van der Waals surface area contributed by atoms with Crippen molar-refractivity contribution in [3.05, 3.63) is 60.4 Å². The number of nitrogens with zero attached hydrogens (tertiary/aromatic N) is 4. The summed E-state index contributed by atoms with van der Waals surface area (Å²) in [4.78, 5) is 21.3. The second-order valence-corrected chi connectivity index (χ2v) is 6.80. The minimum Gasteiger partial charge on any atom is -0.350 e. The van der Waals surface area contributed by atoms with Gasteiger partial charge in [-0.1, -0.05) is 51.1 Å². The number of aromatic nitrogens is 4. The van der Waals surface area contributed by atoms with Gasteiger partial charge in [0.05, 0.1) is 0 Å². The third-order valence-electron chi connectivity index (χ3n) is 3.67. The molecule has 3 aromatic rings. The largest absolute Gasteiger partial charge is 0.350 e. The summed E-state index contributed by atoms with van der Waals surface area (Å²) in [6.45, 7) is 6.16. The fourth-order valence-electron chi connectivity index (χ4n) is 2.29. The SMILES string of the molecule is CC(C)(C)C(=O)n1nc(-c2ccncc2)nc1NCc1ccccc1. The van der Waals surface area contributed by atoms with Gasteiger partial charge < -0.3 is 5.32 Å². The molecule has 0 saturated carbocycles. The Morgan fingerprint density at radius 1 is 1.08 bits per heavy atom. The summed E-state index contributed by atoms with van der Waals surface area (Å²) in [6, 6.07) is 13.6. The lowest BCUT2D eigenvalue weighted by Gasteiger charge is -2.17. The lowest BCUT2D eigenvalue weighted by atomic mass is 9.96. The molecule has 0 amide bonds. The topological polar surface area (TPSA) is 72.7 Å². The van der Waals surface area contributed by atoms with Crippen molar-refractivity contribution in [3.8, 4) is 11.4 Å². The van der Waals surface area contributed by atoms with Gasteiger partial charge >= 0.3 is 0 Å². The first kappa shape index (κ1) is 16.8. The molecule has 6 heteroatoms. The van der Waals surface area contributed by atoms with E-state index in [1.165, 1.54) is 4.68 Å². The summed E-state index contributed by atoms with van der Waals surface area (Å²) in [5.41, 5.74) is 1.36. The third kappa shape index (κ3) is 3.91. The highest BCUT2D eigenvalue weighted by molar-refractivity contribution is 5.86. The molecule has 3 rings (SSSR count). The second-order valence-electron chi connectivity index (χ2n) is 6.80. The summed E-state index contributed by atoms with van der Waals surface area (Å²) < 4.78 is 1.36. The van der Waals surface area contributed by atoms with Gasteiger partial charge in [-0.25, -0.2) is 0 Å². The standard InChI is InChI=1S/C19H21N5O/c1-19(2,3)17(25)24-18(21-13-14-7-5-4-6-8-14)22-16(23-24)15-9-11-20-12-10-15/h4-12H,13H2,1-3H3,(H,21,22,23). The van der Waals surface area contributed by atoms with Crippen LogP contribution < -0.4 is 5.32 Å². The lowest BCUT2D eigenvalue weighted by Crippen LogP contribution is -2.29. The molecule has 1 N–H and O–H groups in total. The highest BCUT2D eigenvalue weighted by atomic mass is 16.2. The molecular weight excluding hydrogens is 314 g/mol. The Morgan fingerprint density at radius 2 is 1.76 bits per heavy atom. The molecule has 2 heterocycles. The number of hydrogen-bond acceptors (Lipinski definition) is 5. The van der Waals surface area contributed by atoms with Crippen LogP contribution in [0, 0.1) is 5.41 Å². The molecule has 0 fully saturated rings. The second kappa shape index (κ2) is 6.84. The molecule has 0 aliphatic carbocycles. The van der Waals surface area contributed by atoms with E-state index < -0.39 is 5.41 Å². The van der Waals surface area contributed by atoms with Crippen LogP contribution in [0.15, 0.2) is 54.9 Å². The Morgan fingerprint density at radius 3 is 2.40 bits per heavy atom. The van der Waals surface area contributed by atoms with Crippen LogP contribution in [0.4, 0.5) is 5.95 Å². The highest BCUT2D eigenvalue weighted by Gasteiger charge is 2.27. The fraction of sp³-hybridized carbons (Fsp3) is 0.263. The number of hydrogen-bond donors (Lipinski definition) is 1. The van der Waals surface area contributed by atoms with Crippen LogP contribution in [0.5, 0.6) is 0 Å². The number of rotatable bonds is 4. The van der Waals surface area contributed by atoms with Crippen molar-refractivity contribution in [2.75, 3.05) is 5.32 Å². The normalized spacial score (nSPS) is 11.3. The van der Waals surface area contributed by atoms with E-state index in [4.69, 9.17) is 0 Å². The Labute approximate surface area is 146 Å². The Bertz CT molecular complexity index is 851. The quantitative estimate of drug-likeness (QED) is 0.788. The van der Waals surface area contributed by atoms with Crippen molar-refractivity contribution < 1.29 is 4.79 Å². The molecule has 2 aromatic heterocycles. The van der Waals surface area contributed by atoms with Crippen molar-refractivity contribution >= 4 is 11.9 Å². The van der Waals surface area contributed by atoms with Crippen LogP contribution in [-0.4, -0.2) is 25.7 Å². The van der Waals surface area contributed by atoms with Crippen molar-refractivity contribution in [2.45, 2.75) is 27.3 Å². The van der Waals surface area contributed by atoms with Gasteiger partial charge in [-0.05, 0) is 17.7 Å². The zero-order valence-corrected chi connectivity index (χ0v) is 14.6. The summed E-state index contributed by atoms with van der Waals surface area (Å²) >= 11 is 0. The highest BCUT2D eigenvalue weighted by Crippen LogP contribution is 2.22. The number of anilines is 1. The van der Waals surface area contributed by atoms with E-state index in [0.717, 1.165) is 11.1 Å². The van der Waals surface area contributed by atoms with Gasteiger partial charge in [0.15, 0.2) is 5.82 Å². The smallest absolute Gasteiger partial charge is 0.255 e. The van der Waals surface area contributed by atoms with Crippen LogP contribution in [0.3, 0.4) is 0 Å². The molecule has 0 saturated heterocycles. The monoisotopic (exact) mass is 335 g/mol. The molecular formula is C19H21N5O. The van der Waals surface area contributed by atoms with E-state index in [-0.39, 0.29) is 5.91 Å². The zero-order chi connectivity index (χ0) is 17.9. The Balaban J connectivity index is 1.94.